The highest BCUT2D eigenvalue weighted by Gasteiger charge is 2.19. The summed E-state index contributed by atoms with van der Waals surface area (Å²) >= 11 is 0. The molecule has 0 bridgehead atoms. The van der Waals surface area contributed by atoms with Crippen molar-refractivity contribution in [3.05, 3.63) is 41.9 Å². The number of carbonyl (C=O) groups is 1. The van der Waals surface area contributed by atoms with Crippen molar-refractivity contribution in [1.29, 1.82) is 0 Å². The van der Waals surface area contributed by atoms with Crippen molar-refractivity contribution in [2.75, 3.05) is 0 Å². The Morgan fingerprint density at radius 2 is 2.25 bits per heavy atom. The Morgan fingerprint density at radius 1 is 1.45 bits per heavy atom. The molecule has 2 heterocycles. The Labute approximate surface area is 117 Å². The summed E-state index contributed by atoms with van der Waals surface area (Å²) < 4.78 is 7.19. The van der Waals surface area contributed by atoms with Crippen molar-refractivity contribution >= 4 is 5.97 Å². The number of pyridine rings is 1. The van der Waals surface area contributed by atoms with E-state index in [-0.39, 0.29) is 18.1 Å². The van der Waals surface area contributed by atoms with Crippen molar-refractivity contribution < 1.29 is 14.6 Å². The van der Waals surface area contributed by atoms with Gasteiger partial charge >= 0.3 is 5.97 Å². The summed E-state index contributed by atoms with van der Waals surface area (Å²) in [7, 11) is 0. The van der Waals surface area contributed by atoms with Crippen molar-refractivity contribution in [1.82, 2.24) is 14.8 Å². The molecular weight excluding hydrogens is 258 g/mol. The van der Waals surface area contributed by atoms with Gasteiger partial charge in [0, 0.05) is 12.7 Å². The van der Waals surface area contributed by atoms with Crippen molar-refractivity contribution in [2.45, 2.75) is 27.0 Å². The average molecular weight is 275 g/mol. The number of hydrogen-bond donors (Lipinski definition) is 1. The lowest BCUT2D eigenvalue weighted by molar-refractivity contribution is 0.0690. The van der Waals surface area contributed by atoms with Crippen LogP contribution in [-0.4, -0.2) is 25.8 Å². The third-order valence-electron chi connectivity index (χ3n) is 2.64. The molecule has 0 unspecified atom stereocenters. The molecule has 0 radical (unpaired) electrons. The second kappa shape index (κ2) is 6.18. The first-order valence-corrected chi connectivity index (χ1v) is 6.39. The highest BCUT2D eigenvalue weighted by atomic mass is 16.5. The molecule has 0 aliphatic heterocycles. The van der Waals surface area contributed by atoms with E-state index in [0.717, 1.165) is 5.69 Å². The van der Waals surface area contributed by atoms with E-state index in [9.17, 15) is 4.79 Å². The second-order valence-corrected chi connectivity index (χ2v) is 4.85. The average Bonchev–Trinajstić information content (AvgIpc) is 2.80. The predicted octanol–water partition coefficient (Wildman–Crippen LogP) is 2.21. The maximum absolute atomic E-state index is 11.2. The van der Waals surface area contributed by atoms with Gasteiger partial charge in [-0.25, -0.2) is 9.48 Å². The molecule has 2 rings (SSSR count). The minimum atomic E-state index is -1.05. The predicted molar refractivity (Wildman–Crippen MR) is 72.6 cm³/mol. The number of hydrogen-bond acceptors (Lipinski definition) is 4. The van der Waals surface area contributed by atoms with Crippen LogP contribution in [0.2, 0.25) is 0 Å². The van der Waals surface area contributed by atoms with Crippen LogP contribution < -0.4 is 4.74 Å². The van der Waals surface area contributed by atoms with Crippen molar-refractivity contribution in [2.24, 2.45) is 5.92 Å². The molecule has 0 spiro atoms. The fourth-order valence-corrected chi connectivity index (χ4v) is 1.77. The Bertz CT molecular complexity index is 579. The SMILES string of the molecule is CC(C)Cn1ncc(C(=O)O)c1OCc1ccccn1. The van der Waals surface area contributed by atoms with E-state index < -0.39 is 5.97 Å². The van der Waals surface area contributed by atoms with E-state index in [4.69, 9.17) is 9.84 Å². The van der Waals surface area contributed by atoms with Gasteiger partial charge < -0.3 is 9.84 Å². The molecule has 0 aliphatic carbocycles. The Kier molecular flexibility index (Phi) is 4.34. The van der Waals surface area contributed by atoms with Gasteiger partial charge in [0.2, 0.25) is 5.88 Å². The van der Waals surface area contributed by atoms with Crippen LogP contribution in [0, 0.1) is 5.92 Å². The van der Waals surface area contributed by atoms with Crippen LogP contribution in [0.4, 0.5) is 0 Å². The third-order valence-corrected chi connectivity index (χ3v) is 2.64. The van der Waals surface area contributed by atoms with Crippen molar-refractivity contribution in [3.8, 4) is 5.88 Å². The Hall–Kier alpha value is -2.37. The standard InChI is InChI=1S/C14H17N3O3/c1-10(2)8-17-13(12(7-16-17)14(18)19)20-9-11-5-3-4-6-15-11/h3-7,10H,8-9H2,1-2H3,(H,18,19). The van der Waals surface area contributed by atoms with Crippen molar-refractivity contribution in [3.63, 3.8) is 0 Å². The molecule has 2 aromatic rings. The maximum Gasteiger partial charge on any atom is 0.342 e. The van der Waals surface area contributed by atoms with Gasteiger partial charge in [0.25, 0.3) is 0 Å². The fourth-order valence-electron chi connectivity index (χ4n) is 1.77. The largest absolute Gasteiger partial charge is 0.477 e. The number of carboxylic acids is 1. The lowest BCUT2D eigenvalue weighted by Crippen LogP contribution is -2.11. The molecule has 6 nitrogen and oxygen atoms in total. The van der Waals surface area contributed by atoms with Crippen LogP contribution >= 0.6 is 0 Å². The smallest absolute Gasteiger partial charge is 0.342 e. The van der Waals surface area contributed by atoms with Gasteiger partial charge in [-0.2, -0.15) is 5.10 Å². The summed E-state index contributed by atoms with van der Waals surface area (Å²) in [5.41, 5.74) is 0.808. The molecular formula is C14H17N3O3. The number of carboxylic acid groups (broad SMARTS) is 1. The lowest BCUT2D eigenvalue weighted by atomic mass is 10.2. The van der Waals surface area contributed by atoms with E-state index in [2.05, 4.69) is 10.1 Å². The first-order chi connectivity index (χ1) is 9.58. The summed E-state index contributed by atoms with van der Waals surface area (Å²) in [4.78, 5) is 15.3. The zero-order chi connectivity index (χ0) is 14.5. The van der Waals surface area contributed by atoms with Crippen LogP contribution in [-0.2, 0) is 13.2 Å². The maximum atomic E-state index is 11.2. The first kappa shape index (κ1) is 14.0. The lowest BCUT2D eigenvalue weighted by Gasteiger charge is -2.11. The number of nitrogens with zero attached hydrogens (tertiary/aromatic N) is 3. The first-order valence-electron chi connectivity index (χ1n) is 6.39. The summed E-state index contributed by atoms with van der Waals surface area (Å²) in [6, 6.07) is 5.49. The Morgan fingerprint density at radius 3 is 2.85 bits per heavy atom. The van der Waals surface area contributed by atoms with Gasteiger partial charge in [0.1, 0.15) is 12.2 Å². The highest BCUT2D eigenvalue weighted by molar-refractivity contribution is 5.89. The summed E-state index contributed by atoms with van der Waals surface area (Å²) in [5, 5.41) is 13.2. The number of aromatic carboxylic acids is 1. The molecule has 0 fully saturated rings. The third kappa shape index (κ3) is 3.34. The molecule has 1 N–H and O–H groups in total. The number of ether oxygens (including phenoxy) is 1. The van der Waals surface area contributed by atoms with Gasteiger partial charge in [0.05, 0.1) is 11.9 Å². The zero-order valence-corrected chi connectivity index (χ0v) is 11.5. The summed E-state index contributed by atoms with van der Waals surface area (Å²) in [6.07, 6.45) is 2.99. The molecule has 0 atom stereocenters. The number of aromatic nitrogens is 3. The van der Waals surface area contributed by atoms with Crippen LogP contribution in [0.5, 0.6) is 5.88 Å². The quantitative estimate of drug-likeness (QED) is 0.874. The fraction of sp³-hybridized carbons (Fsp3) is 0.357. The van der Waals surface area contributed by atoms with Gasteiger partial charge in [-0.15, -0.1) is 0 Å². The molecule has 0 amide bonds. The molecule has 0 aliphatic rings. The monoisotopic (exact) mass is 275 g/mol. The molecule has 0 saturated carbocycles. The van der Waals surface area contributed by atoms with E-state index in [1.807, 2.05) is 32.0 Å². The van der Waals surface area contributed by atoms with Gasteiger partial charge in [-0.05, 0) is 18.1 Å². The van der Waals surface area contributed by atoms with Gasteiger partial charge in [0.15, 0.2) is 0 Å². The normalized spacial score (nSPS) is 10.8. The highest BCUT2D eigenvalue weighted by Crippen LogP contribution is 2.20. The van der Waals surface area contributed by atoms with Crippen LogP contribution in [0.1, 0.15) is 29.9 Å². The topological polar surface area (TPSA) is 77.2 Å². The molecule has 0 aromatic carbocycles. The molecule has 0 saturated heterocycles. The van der Waals surface area contributed by atoms with Crippen LogP contribution in [0.15, 0.2) is 30.6 Å². The number of rotatable bonds is 6. The Balaban J connectivity index is 2.19. The summed E-state index contributed by atoms with van der Waals surface area (Å²) in [5.74, 6) is -0.429. The second-order valence-electron chi connectivity index (χ2n) is 4.85. The van der Waals surface area contributed by atoms with E-state index >= 15 is 0 Å². The summed E-state index contributed by atoms with van der Waals surface area (Å²) in [6.45, 7) is 4.88. The van der Waals surface area contributed by atoms with Gasteiger partial charge in [-0.1, -0.05) is 19.9 Å². The molecule has 20 heavy (non-hydrogen) atoms. The molecule has 2 aromatic heterocycles. The minimum absolute atomic E-state index is 0.0709. The van der Waals surface area contributed by atoms with Gasteiger partial charge in [-0.3, -0.25) is 4.98 Å². The van der Waals surface area contributed by atoms with Crippen LogP contribution in [0.25, 0.3) is 0 Å². The molecule has 106 valence electrons. The van der Waals surface area contributed by atoms with E-state index in [1.165, 1.54) is 6.20 Å². The molecule has 6 heteroatoms. The van der Waals surface area contributed by atoms with E-state index in [0.29, 0.717) is 12.5 Å². The zero-order valence-electron chi connectivity index (χ0n) is 11.5. The van der Waals surface area contributed by atoms with Crippen LogP contribution in [0.3, 0.4) is 0 Å². The minimum Gasteiger partial charge on any atom is -0.477 e. The van der Waals surface area contributed by atoms with E-state index in [1.54, 1.807) is 10.9 Å².